The Bertz CT molecular complexity index is 248. The molecule has 92 valence electrons. The lowest BCUT2D eigenvalue weighted by atomic mass is 9.84. The van der Waals surface area contributed by atoms with Crippen molar-refractivity contribution in [2.75, 3.05) is 13.2 Å². The molecule has 2 N–H and O–H groups in total. The molecule has 0 bridgehead atoms. The van der Waals surface area contributed by atoms with Crippen molar-refractivity contribution in [2.45, 2.75) is 62.7 Å². The molecule has 0 amide bonds. The van der Waals surface area contributed by atoms with Gasteiger partial charge < -0.3 is 15.2 Å². The second kappa shape index (κ2) is 4.28. The third-order valence-electron chi connectivity index (χ3n) is 4.44. The van der Waals surface area contributed by atoms with E-state index in [0.717, 1.165) is 38.4 Å². The topological polar surface area (TPSA) is 44.5 Å². The normalized spacial score (nSPS) is 44.1. The van der Waals surface area contributed by atoms with Crippen molar-refractivity contribution in [3.05, 3.63) is 0 Å². The second-order valence-corrected chi connectivity index (χ2v) is 5.79. The monoisotopic (exact) mass is 225 g/mol. The van der Waals surface area contributed by atoms with Gasteiger partial charge in [0.15, 0.2) is 0 Å². The number of ether oxygens (including phenoxy) is 2. The van der Waals surface area contributed by atoms with Gasteiger partial charge in [-0.05, 0) is 50.9 Å². The van der Waals surface area contributed by atoms with E-state index in [2.05, 4.69) is 0 Å². The van der Waals surface area contributed by atoms with Crippen LogP contribution in [-0.2, 0) is 9.47 Å². The molecule has 3 nitrogen and oxygen atoms in total. The van der Waals surface area contributed by atoms with Gasteiger partial charge in [0.25, 0.3) is 0 Å². The molecule has 3 heteroatoms. The Kier molecular flexibility index (Phi) is 2.94. The minimum Gasteiger partial charge on any atom is -0.378 e. The molecule has 0 spiro atoms. The molecule has 2 aliphatic heterocycles. The maximum absolute atomic E-state index is 6.54. The summed E-state index contributed by atoms with van der Waals surface area (Å²) in [4.78, 5) is 0. The summed E-state index contributed by atoms with van der Waals surface area (Å²) in [5.74, 6) is 0.761. The van der Waals surface area contributed by atoms with Crippen molar-refractivity contribution in [3.8, 4) is 0 Å². The van der Waals surface area contributed by atoms with E-state index < -0.39 is 0 Å². The molecule has 2 saturated heterocycles. The fourth-order valence-electron chi connectivity index (χ4n) is 3.26. The summed E-state index contributed by atoms with van der Waals surface area (Å²) in [6, 6.07) is 0. The molecule has 16 heavy (non-hydrogen) atoms. The van der Waals surface area contributed by atoms with Crippen molar-refractivity contribution in [1.82, 2.24) is 0 Å². The molecular formula is C13H23NO2. The molecule has 3 aliphatic rings. The van der Waals surface area contributed by atoms with Crippen molar-refractivity contribution in [2.24, 2.45) is 11.7 Å². The quantitative estimate of drug-likeness (QED) is 0.794. The highest BCUT2D eigenvalue weighted by molar-refractivity contribution is 5.03. The van der Waals surface area contributed by atoms with Gasteiger partial charge in [0.05, 0.1) is 12.2 Å². The lowest BCUT2D eigenvalue weighted by Gasteiger charge is -2.31. The van der Waals surface area contributed by atoms with Gasteiger partial charge in [0.2, 0.25) is 0 Å². The summed E-state index contributed by atoms with van der Waals surface area (Å²) in [6.07, 6.45) is 9.17. The molecule has 0 aromatic rings. The maximum atomic E-state index is 6.54. The summed E-state index contributed by atoms with van der Waals surface area (Å²) < 4.78 is 11.5. The number of rotatable bonds is 4. The van der Waals surface area contributed by atoms with Crippen molar-refractivity contribution >= 4 is 0 Å². The zero-order valence-electron chi connectivity index (χ0n) is 9.99. The Morgan fingerprint density at radius 1 is 1.12 bits per heavy atom. The molecule has 3 rings (SSSR count). The van der Waals surface area contributed by atoms with E-state index in [1.807, 2.05) is 0 Å². The molecule has 3 atom stereocenters. The first kappa shape index (κ1) is 11.0. The first-order chi connectivity index (χ1) is 7.78. The lowest BCUT2D eigenvalue weighted by Crippen LogP contribution is -2.48. The summed E-state index contributed by atoms with van der Waals surface area (Å²) in [7, 11) is 0. The van der Waals surface area contributed by atoms with E-state index in [1.54, 1.807) is 0 Å². The van der Waals surface area contributed by atoms with Crippen LogP contribution in [0.1, 0.15) is 44.9 Å². The summed E-state index contributed by atoms with van der Waals surface area (Å²) >= 11 is 0. The minimum atomic E-state index is -0.0485. The molecule has 1 saturated carbocycles. The highest BCUT2D eigenvalue weighted by Crippen LogP contribution is 2.44. The largest absolute Gasteiger partial charge is 0.378 e. The minimum absolute atomic E-state index is 0.0485. The molecule has 3 unspecified atom stereocenters. The van der Waals surface area contributed by atoms with Gasteiger partial charge in [-0.3, -0.25) is 0 Å². The fraction of sp³-hybridized carbons (Fsp3) is 1.00. The first-order valence-corrected chi connectivity index (χ1v) is 6.80. The van der Waals surface area contributed by atoms with E-state index in [1.165, 1.54) is 25.7 Å². The number of hydrogen-bond donors (Lipinski definition) is 1. The molecule has 0 aromatic heterocycles. The molecule has 0 aromatic carbocycles. The van der Waals surface area contributed by atoms with Crippen LogP contribution in [0.2, 0.25) is 0 Å². The Balaban J connectivity index is 1.54. The van der Waals surface area contributed by atoms with Crippen LogP contribution in [0.15, 0.2) is 0 Å². The maximum Gasteiger partial charge on any atom is 0.0783 e. The van der Waals surface area contributed by atoms with E-state index in [4.69, 9.17) is 15.2 Å². The van der Waals surface area contributed by atoms with Gasteiger partial charge in [-0.1, -0.05) is 0 Å². The van der Waals surface area contributed by atoms with Gasteiger partial charge in [-0.25, -0.2) is 0 Å². The Hall–Kier alpha value is -0.120. The summed E-state index contributed by atoms with van der Waals surface area (Å²) in [5.41, 5.74) is 6.49. The third kappa shape index (κ3) is 2.13. The smallest absolute Gasteiger partial charge is 0.0783 e. The van der Waals surface area contributed by atoms with Crippen molar-refractivity contribution < 1.29 is 9.47 Å². The van der Waals surface area contributed by atoms with Crippen molar-refractivity contribution in [3.63, 3.8) is 0 Å². The first-order valence-electron chi connectivity index (χ1n) is 6.80. The average Bonchev–Trinajstić information content (AvgIpc) is 2.84. The Morgan fingerprint density at radius 2 is 2.00 bits per heavy atom. The Labute approximate surface area is 97.7 Å². The van der Waals surface area contributed by atoms with Crippen LogP contribution in [0.5, 0.6) is 0 Å². The second-order valence-electron chi connectivity index (χ2n) is 5.79. The highest BCUT2D eigenvalue weighted by atomic mass is 16.5. The van der Waals surface area contributed by atoms with Gasteiger partial charge in [0, 0.05) is 18.8 Å². The van der Waals surface area contributed by atoms with Crippen LogP contribution >= 0.6 is 0 Å². The van der Waals surface area contributed by atoms with Crippen LogP contribution in [0.4, 0.5) is 0 Å². The zero-order chi connectivity index (χ0) is 11.0. The van der Waals surface area contributed by atoms with Gasteiger partial charge in [-0.15, -0.1) is 0 Å². The van der Waals surface area contributed by atoms with Gasteiger partial charge >= 0.3 is 0 Å². The van der Waals surface area contributed by atoms with Crippen LogP contribution < -0.4 is 5.73 Å². The highest BCUT2D eigenvalue weighted by Gasteiger charge is 2.48. The van der Waals surface area contributed by atoms with E-state index in [-0.39, 0.29) is 5.54 Å². The zero-order valence-corrected chi connectivity index (χ0v) is 9.99. The summed E-state index contributed by atoms with van der Waals surface area (Å²) in [5, 5.41) is 0. The van der Waals surface area contributed by atoms with Crippen LogP contribution in [0.3, 0.4) is 0 Å². The number of hydrogen-bond acceptors (Lipinski definition) is 3. The van der Waals surface area contributed by atoms with E-state index >= 15 is 0 Å². The fourth-order valence-corrected chi connectivity index (χ4v) is 3.26. The molecule has 1 aliphatic carbocycles. The average molecular weight is 225 g/mol. The number of nitrogens with two attached hydrogens (primary N) is 1. The predicted octanol–water partition coefficient (Wildman–Crippen LogP) is 1.84. The van der Waals surface area contributed by atoms with Crippen molar-refractivity contribution in [1.29, 1.82) is 0 Å². The molecule has 0 radical (unpaired) electrons. The van der Waals surface area contributed by atoms with Crippen LogP contribution in [-0.4, -0.2) is 31.0 Å². The Morgan fingerprint density at radius 3 is 2.69 bits per heavy atom. The molecule has 3 fully saturated rings. The van der Waals surface area contributed by atoms with Gasteiger partial charge in [-0.2, -0.15) is 0 Å². The van der Waals surface area contributed by atoms with E-state index in [9.17, 15) is 0 Å². The lowest BCUT2D eigenvalue weighted by molar-refractivity contribution is 0.0491. The van der Waals surface area contributed by atoms with Gasteiger partial charge in [0.1, 0.15) is 0 Å². The van der Waals surface area contributed by atoms with Crippen LogP contribution in [0, 0.1) is 5.92 Å². The van der Waals surface area contributed by atoms with Crippen LogP contribution in [0.25, 0.3) is 0 Å². The predicted molar refractivity (Wildman–Crippen MR) is 62.2 cm³/mol. The summed E-state index contributed by atoms with van der Waals surface area (Å²) in [6.45, 7) is 1.81. The molecular weight excluding hydrogens is 202 g/mol. The third-order valence-corrected chi connectivity index (χ3v) is 4.44. The van der Waals surface area contributed by atoms with E-state index in [0.29, 0.717) is 12.2 Å². The standard InChI is InChI=1S/C13H23NO2/c14-13(6-5-11-2-1-8-15-11)7-9-16-12(13)10-3-4-10/h10-12H,1-9,14H2. The SMILES string of the molecule is NC1(CCC2CCCO2)CCOC1C1CC1. The molecule has 2 heterocycles.